The number of benzene rings is 2. The summed E-state index contributed by atoms with van der Waals surface area (Å²) in [6.07, 6.45) is 9.40. The number of aliphatic hydroxyl groups is 1. The Morgan fingerprint density at radius 1 is 1.17 bits per heavy atom. The highest BCUT2D eigenvalue weighted by Gasteiger charge is 2.33. The van der Waals surface area contributed by atoms with Gasteiger partial charge in [-0.15, -0.1) is 5.10 Å². The third-order valence-corrected chi connectivity index (χ3v) is 6.96. The van der Waals surface area contributed by atoms with Gasteiger partial charge >= 0.3 is 0 Å². The first kappa shape index (κ1) is 23.2. The molecule has 0 saturated carbocycles. The van der Waals surface area contributed by atoms with E-state index < -0.39 is 5.91 Å². The van der Waals surface area contributed by atoms with E-state index in [2.05, 4.69) is 69.6 Å². The zero-order valence-corrected chi connectivity index (χ0v) is 20.0. The normalized spacial score (nSPS) is 22.3. The van der Waals surface area contributed by atoms with Crippen LogP contribution >= 0.6 is 0 Å². The Kier molecular flexibility index (Phi) is 6.36. The summed E-state index contributed by atoms with van der Waals surface area (Å²) in [6, 6.07) is 18.7. The summed E-state index contributed by atoms with van der Waals surface area (Å²) in [5, 5.41) is 14.3. The maximum atomic E-state index is 11.4. The standard InChI is InChI=1S/C28H31N5O2/c1-20-30-27(26(29)35)31-33(20)24-9-7-21(8-10-24)17-28(19-32-16-13-25(34)18-32)14-11-23(12-15-28)22-5-3-2-4-6-22/h2-12,14,25,34H,13,15-19H2,1H3,(H2,29,35)/t25?,28-/m0/s1. The Hall–Kier alpha value is -3.55. The fourth-order valence-electron chi connectivity index (χ4n) is 5.17. The van der Waals surface area contributed by atoms with Crippen molar-refractivity contribution in [3.8, 4) is 5.69 Å². The highest BCUT2D eigenvalue weighted by atomic mass is 16.3. The average Bonchev–Trinajstić information content (AvgIpc) is 3.45. The number of likely N-dealkylation sites (tertiary alicyclic amines) is 1. The number of allylic oxidation sites excluding steroid dienone is 3. The molecule has 1 fully saturated rings. The summed E-state index contributed by atoms with van der Waals surface area (Å²) < 4.78 is 1.64. The Morgan fingerprint density at radius 3 is 2.54 bits per heavy atom. The average molecular weight is 470 g/mol. The number of carbonyl (C=O) groups excluding carboxylic acids is 1. The molecule has 3 N–H and O–H groups in total. The SMILES string of the molecule is Cc1nc(C(N)=O)nn1-c1ccc(C[C@]2(CN3CCC(O)C3)C=CC(c3ccccc3)=CC2)cc1. The van der Waals surface area contributed by atoms with Gasteiger partial charge in [0.15, 0.2) is 0 Å². The van der Waals surface area contributed by atoms with Crippen molar-refractivity contribution in [2.24, 2.45) is 11.1 Å². The van der Waals surface area contributed by atoms with Gasteiger partial charge in [0.2, 0.25) is 5.82 Å². The molecular weight excluding hydrogens is 438 g/mol. The number of β-amino-alcohol motifs (C(OH)–C–C–N with tert-alkyl or cyclic N) is 1. The molecule has 2 atom stereocenters. The molecule has 35 heavy (non-hydrogen) atoms. The van der Waals surface area contributed by atoms with Crippen LogP contribution in [-0.2, 0) is 6.42 Å². The van der Waals surface area contributed by atoms with E-state index in [1.165, 1.54) is 16.7 Å². The molecule has 1 amide bonds. The number of carbonyl (C=O) groups is 1. The Bertz CT molecular complexity index is 1260. The number of hydrogen-bond acceptors (Lipinski definition) is 5. The number of aromatic nitrogens is 3. The molecule has 1 aliphatic carbocycles. The Labute approximate surface area is 205 Å². The van der Waals surface area contributed by atoms with Crippen molar-refractivity contribution in [1.29, 1.82) is 0 Å². The molecule has 2 aliphatic rings. The smallest absolute Gasteiger partial charge is 0.288 e. The van der Waals surface area contributed by atoms with Crippen molar-refractivity contribution in [3.05, 3.63) is 95.6 Å². The quantitative estimate of drug-likeness (QED) is 0.553. The highest BCUT2D eigenvalue weighted by Crippen LogP contribution is 2.38. The minimum absolute atomic E-state index is 0.0201. The molecule has 0 radical (unpaired) electrons. The number of aliphatic hydroxyl groups excluding tert-OH is 1. The molecule has 1 aromatic heterocycles. The van der Waals surface area contributed by atoms with Gasteiger partial charge in [-0.3, -0.25) is 9.69 Å². The number of nitrogens with zero attached hydrogens (tertiary/aromatic N) is 4. The third kappa shape index (κ3) is 5.11. The van der Waals surface area contributed by atoms with Gasteiger partial charge in [-0.1, -0.05) is 60.7 Å². The van der Waals surface area contributed by atoms with Crippen LogP contribution < -0.4 is 5.73 Å². The largest absolute Gasteiger partial charge is 0.392 e. The summed E-state index contributed by atoms with van der Waals surface area (Å²) >= 11 is 0. The summed E-state index contributed by atoms with van der Waals surface area (Å²) in [7, 11) is 0. The predicted molar refractivity (Wildman–Crippen MR) is 136 cm³/mol. The van der Waals surface area contributed by atoms with Crippen LogP contribution in [0.1, 0.15) is 40.4 Å². The van der Waals surface area contributed by atoms with Crippen molar-refractivity contribution in [3.63, 3.8) is 0 Å². The number of hydrogen-bond donors (Lipinski definition) is 2. The van der Waals surface area contributed by atoms with Gasteiger partial charge < -0.3 is 10.8 Å². The van der Waals surface area contributed by atoms with Crippen LogP contribution in [-0.4, -0.2) is 56.4 Å². The number of amides is 1. The first-order chi connectivity index (χ1) is 16.9. The minimum Gasteiger partial charge on any atom is -0.392 e. The summed E-state index contributed by atoms with van der Waals surface area (Å²) in [5.41, 5.74) is 9.84. The molecule has 2 heterocycles. The van der Waals surface area contributed by atoms with Gasteiger partial charge in [-0.25, -0.2) is 9.67 Å². The van der Waals surface area contributed by atoms with E-state index in [0.717, 1.165) is 44.6 Å². The summed E-state index contributed by atoms with van der Waals surface area (Å²) in [4.78, 5) is 18.0. The first-order valence-corrected chi connectivity index (χ1v) is 12.1. The molecule has 3 aromatic rings. The van der Waals surface area contributed by atoms with Crippen molar-refractivity contribution in [2.45, 2.75) is 32.3 Å². The molecule has 5 rings (SSSR count). The van der Waals surface area contributed by atoms with Crippen LogP contribution in [0.4, 0.5) is 0 Å². The Balaban J connectivity index is 1.38. The van der Waals surface area contributed by atoms with E-state index in [4.69, 9.17) is 5.73 Å². The van der Waals surface area contributed by atoms with Crippen LogP contribution in [0.25, 0.3) is 11.3 Å². The fraction of sp³-hybridized carbons (Fsp3) is 0.321. The predicted octanol–water partition coefficient (Wildman–Crippen LogP) is 3.31. The highest BCUT2D eigenvalue weighted by molar-refractivity contribution is 5.88. The molecule has 0 bridgehead atoms. The number of nitrogens with two attached hydrogens (primary N) is 1. The van der Waals surface area contributed by atoms with Crippen molar-refractivity contribution >= 4 is 11.5 Å². The van der Waals surface area contributed by atoms with E-state index in [1.807, 2.05) is 18.2 Å². The molecule has 2 aromatic carbocycles. The van der Waals surface area contributed by atoms with E-state index in [9.17, 15) is 9.90 Å². The van der Waals surface area contributed by atoms with Crippen molar-refractivity contribution < 1.29 is 9.90 Å². The van der Waals surface area contributed by atoms with Crippen LogP contribution in [0, 0.1) is 12.3 Å². The molecule has 7 heteroatoms. The summed E-state index contributed by atoms with van der Waals surface area (Å²) in [5.74, 6) is 0.000500. The zero-order chi connectivity index (χ0) is 24.4. The van der Waals surface area contributed by atoms with Crippen LogP contribution in [0.3, 0.4) is 0 Å². The van der Waals surface area contributed by atoms with E-state index >= 15 is 0 Å². The maximum Gasteiger partial charge on any atom is 0.288 e. The number of primary amides is 1. The molecule has 1 saturated heterocycles. The summed E-state index contributed by atoms with van der Waals surface area (Å²) in [6.45, 7) is 4.37. The van der Waals surface area contributed by atoms with Crippen LogP contribution in [0.2, 0.25) is 0 Å². The maximum absolute atomic E-state index is 11.4. The second-order valence-corrected chi connectivity index (χ2v) is 9.70. The van der Waals surface area contributed by atoms with Crippen molar-refractivity contribution in [2.75, 3.05) is 19.6 Å². The lowest BCUT2D eigenvalue weighted by molar-refractivity contribution is 0.0990. The van der Waals surface area contributed by atoms with Crippen LogP contribution in [0.5, 0.6) is 0 Å². The molecule has 180 valence electrons. The second-order valence-electron chi connectivity index (χ2n) is 9.70. The molecule has 1 unspecified atom stereocenters. The lowest BCUT2D eigenvalue weighted by Gasteiger charge is -2.36. The van der Waals surface area contributed by atoms with Gasteiger partial charge in [0.25, 0.3) is 5.91 Å². The van der Waals surface area contributed by atoms with Crippen molar-refractivity contribution in [1.82, 2.24) is 19.7 Å². The lowest BCUT2D eigenvalue weighted by Crippen LogP contribution is -2.38. The second kappa shape index (κ2) is 9.60. The van der Waals surface area contributed by atoms with Gasteiger partial charge in [0.05, 0.1) is 11.8 Å². The lowest BCUT2D eigenvalue weighted by atomic mass is 9.74. The minimum atomic E-state index is -0.635. The third-order valence-electron chi connectivity index (χ3n) is 6.96. The number of aryl methyl sites for hydroxylation is 1. The monoisotopic (exact) mass is 469 g/mol. The molecule has 0 spiro atoms. The molecular formula is C28H31N5O2. The van der Waals surface area contributed by atoms with Gasteiger partial charge in [-0.2, -0.15) is 0 Å². The van der Waals surface area contributed by atoms with Gasteiger partial charge in [0.1, 0.15) is 5.82 Å². The van der Waals surface area contributed by atoms with E-state index in [1.54, 1.807) is 11.6 Å². The topological polar surface area (TPSA) is 97.3 Å². The zero-order valence-electron chi connectivity index (χ0n) is 20.0. The van der Waals surface area contributed by atoms with Gasteiger partial charge in [0, 0.05) is 25.0 Å². The van der Waals surface area contributed by atoms with E-state index in [-0.39, 0.29) is 17.3 Å². The molecule has 1 aliphatic heterocycles. The first-order valence-electron chi connectivity index (χ1n) is 12.1. The van der Waals surface area contributed by atoms with Crippen LogP contribution in [0.15, 0.2) is 72.8 Å². The number of rotatable bonds is 7. The Morgan fingerprint density at radius 2 is 1.94 bits per heavy atom. The van der Waals surface area contributed by atoms with E-state index in [0.29, 0.717) is 5.82 Å². The molecule has 7 nitrogen and oxygen atoms in total. The fourth-order valence-corrected chi connectivity index (χ4v) is 5.17. The van der Waals surface area contributed by atoms with Gasteiger partial charge in [-0.05, 0) is 55.0 Å².